The normalized spacial score (nSPS) is 19.5. The molecule has 31 heavy (non-hydrogen) atoms. The molecule has 5 rings (SSSR count). The van der Waals surface area contributed by atoms with Crippen molar-refractivity contribution < 1.29 is 9.84 Å². The first-order valence-corrected chi connectivity index (χ1v) is 10.8. The zero-order valence-corrected chi connectivity index (χ0v) is 17.9. The van der Waals surface area contributed by atoms with Gasteiger partial charge in [0, 0.05) is 11.8 Å². The van der Waals surface area contributed by atoms with Crippen LogP contribution in [0, 0.1) is 11.3 Å². The first kappa shape index (κ1) is 19.7. The monoisotopic (exact) mass is 431 g/mol. The topological polar surface area (TPSA) is 107 Å². The average Bonchev–Trinajstić information content (AvgIpc) is 3.40. The van der Waals surface area contributed by atoms with Crippen LogP contribution in [0.15, 0.2) is 48.7 Å². The molecule has 0 unspecified atom stereocenters. The lowest BCUT2D eigenvalue weighted by Crippen LogP contribution is -2.52. The summed E-state index contributed by atoms with van der Waals surface area (Å²) in [5.41, 5.74) is 2.27. The summed E-state index contributed by atoms with van der Waals surface area (Å²) >= 11 is 1.60. The quantitative estimate of drug-likeness (QED) is 0.452. The number of aromatic nitrogens is 3. The SMILES string of the molecule is CC1(C)Oc2ccc(C#N)cc2[C@H](NCc2nc(-c3nc4ccccc4s3)c[nH]2)[C@H]1O. The van der Waals surface area contributed by atoms with Crippen molar-refractivity contribution in [3.05, 3.63) is 65.6 Å². The third-order valence-electron chi connectivity index (χ3n) is 5.51. The fourth-order valence-electron chi connectivity index (χ4n) is 3.84. The Kier molecular flexibility index (Phi) is 4.74. The van der Waals surface area contributed by atoms with E-state index in [0.717, 1.165) is 32.3 Å². The molecule has 2 atom stereocenters. The number of ether oxygens (including phenoxy) is 1. The minimum atomic E-state index is -0.798. The van der Waals surface area contributed by atoms with Gasteiger partial charge in [-0.05, 0) is 44.2 Å². The van der Waals surface area contributed by atoms with Gasteiger partial charge in [0.15, 0.2) is 0 Å². The smallest absolute Gasteiger partial charge is 0.144 e. The van der Waals surface area contributed by atoms with Gasteiger partial charge in [0.05, 0.1) is 34.4 Å². The Hall–Kier alpha value is -3.25. The summed E-state index contributed by atoms with van der Waals surface area (Å²) in [5, 5.41) is 24.5. The number of H-pyrrole nitrogens is 1. The maximum atomic E-state index is 10.9. The number of thiazole rings is 1. The molecule has 156 valence electrons. The maximum absolute atomic E-state index is 10.9. The van der Waals surface area contributed by atoms with Crippen molar-refractivity contribution in [2.75, 3.05) is 0 Å². The molecule has 0 saturated carbocycles. The van der Waals surface area contributed by atoms with Gasteiger partial charge in [0.1, 0.15) is 34.0 Å². The molecule has 1 aliphatic rings. The van der Waals surface area contributed by atoms with Crippen molar-refractivity contribution in [3.63, 3.8) is 0 Å². The summed E-state index contributed by atoms with van der Waals surface area (Å²) < 4.78 is 7.10. The second-order valence-electron chi connectivity index (χ2n) is 8.09. The summed E-state index contributed by atoms with van der Waals surface area (Å²) in [4.78, 5) is 12.5. The van der Waals surface area contributed by atoms with Crippen molar-refractivity contribution in [2.24, 2.45) is 0 Å². The highest BCUT2D eigenvalue weighted by molar-refractivity contribution is 7.21. The van der Waals surface area contributed by atoms with Gasteiger partial charge < -0.3 is 20.1 Å². The van der Waals surface area contributed by atoms with Crippen molar-refractivity contribution in [1.82, 2.24) is 20.3 Å². The highest BCUT2D eigenvalue weighted by Crippen LogP contribution is 2.40. The molecule has 0 fully saturated rings. The van der Waals surface area contributed by atoms with Gasteiger partial charge in [0.25, 0.3) is 0 Å². The number of hydrogen-bond acceptors (Lipinski definition) is 7. The second kappa shape index (κ2) is 7.46. The zero-order chi connectivity index (χ0) is 21.6. The lowest BCUT2D eigenvalue weighted by molar-refractivity contribution is -0.0649. The maximum Gasteiger partial charge on any atom is 0.144 e. The number of aliphatic hydroxyl groups excluding tert-OH is 1. The summed E-state index contributed by atoms with van der Waals surface area (Å²) in [5.74, 6) is 1.41. The van der Waals surface area contributed by atoms with E-state index < -0.39 is 17.7 Å². The van der Waals surface area contributed by atoms with E-state index in [-0.39, 0.29) is 0 Å². The Morgan fingerprint density at radius 1 is 1.26 bits per heavy atom. The first-order chi connectivity index (χ1) is 14.9. The van der Waals surface area contributed by atoms with E-state index in [1.54, 1.807) is 29.5 Å². The van der Waals surface area contributed by atoms with Crippen LogP contribution in [-0.2, 0) is 6.54 Å². The number of fused-ring (bicyclic) bond motifs is 2. The standard InChI is InChI=1S/C23H21N5O2S/c1-23(2)21(29)20(14-9-13(10-24)7-8-17(14)30-23)26-12-19-25-11-16(27-19)22-28-15-5-3-4-6-18(15)31-22/h3-9,11,20-21,26,29H,12H2,1-2H3,(H,25,27)/t20-,21+/m0/s1. The third-order valence-corrected chi connectivity index (χ3v) is 6.57. The number of nitrogens with one attached hydrogen (secondary N) is 2. The fourth-order valence-corrected chi connectivity index (χ4v) is 4.77. The number of rotatable bonds is 4. The molecule has 8 heteroatoms. The summed E-state index contributed by atoms with van der Waals surface area (Å²) in [6, 6.07) is 15.0. The molecule has 2 aromatic heterocycles. The van der Waals surface area contributed by atoms with Gasteiger partial charge in [-0.15, -0.1) is 11.3 Å². The molecule has 0 spiro atoms. The van der Waals surface area contributed by atoms with Crippen LogP contribution in [0.4, 0.5) is 0 Å². The average molecular weight is 432 g/mol. The van der Waals surface area contributed by atoms with Gasteiger partial charge in [-0.25, -0.2) is 9.97 Å². The molecule has 2 aromatic carbocycles. The molecule has 0 amide bonds. The summed E-state index contributed by atoms with van der Waals surface area (Å²) in [6.07, 6.45) is 1.05. The Morgan fingerprint density at radius 3 is 2.90 bits per heavy atom. The number of imidazole rings is 1. The van der Waals surface area contributed by atoms with E-state index in [2.05, 4.69) is 26.3 Å². The first-order valence-electron chi connectivity index (χ1n) is 9.99. The van der Waals surface area contributed by atoms with Gasteiger partial charge in [0.2, 0.25) is 0 Å². The van der Waals surface area contributed by atoms with Gasteiger partial charge >= 0.3 is 0 Å². The van der Waals surface area contributed by atoms with Crippen LogP contribution in [0.2, 0.25) is 0 Å². The van der Waals surface area contributed by atoms with Gasteiger partial charge in [-0.2, -0.15) is 5.26 Å². The van der Waals surface area contributed by atoms with E-state index >= 15 is 0 Å². The van der Waals surface area contributed by atoms with Gasteiger partial charge in [-0.1, -0.05) is 12.1 Å². The van der Waals surface area contributed by atoms with Crippen LogP contribution in [-0.4, -0.2) is 31.8 Å². The zero-order valence-electron chi connectivity index (χ0n) is 17.1. The van der Waals surface area contributed by atoms with Crippen LogP contribution < -0.4 is 10.1 Å². The number of nitrogens with zero attached hydrogens (tertiary/aromatic N) is 3. The van der Waals surface area contributed by atoms with E-state index in [9.17, 15) is 10.4 Å². The number of nitriles is 1. The van der Waals surface area contributed by atoms with Gasteiger partial charge in [-0.3, -0.25) is 0 Å². The van der Waals surface area contributed by atoms with E-state index in [1.807, 2.05) is 44.3 Å². The van der Waals surface area contributed by atoms with Crippen LogP contribution >= 0.6 is 11.3 Å². The van der Waals surface area contributed by atoms with Crippen molar-refractivity contribution in [2.45, 2.75) is 38.1 Å². The van der Waals surface area contributed by atoms with Crippen molar-refractivity contribution in [1.29, 1.82) is 5.26 Å². The van der Waals surface area contributed by atoms with Crippen molar-refractivity contribution in [3.8, 4) is 22.5 Å². The predicted molar refractivity (Wildman–Crippen MR) is 119 cm³/mol. The van der Waals surface area contributed by atoms with Crippen molar-refractivity contribution >= 4 is 21.6 Å². The number of para-hydroxylation sites is 1. The number of hydrogen-bond donors (Lipinski definition) is 3. The predicted octanol–water partition coefficient (Wildman–Crippen LogP) is 3.92. The molecule has 0 bridgehead atoms. The highest BCUT2D eigenvalue weighted by atomic mass is 32.1. The summed E-state index contributed by atoms with van der Waals surface area (Å²) in [6.45, 7) is 4.12. The molecule has 0 radical (unpaired) electrons. The third kappa shape index (κ3) is 3.57. The molecule has 3 heterocycles. The Bertz CT molecular complexity index is 1270. The molecule has 1 aliphatic heterocycles. The van der Waals surface area contributed by atoms with E-state index in [0.29, 0.717) is 17.9 Å². The minimum absolute atomic E-state index is 0.400. The fraction of sp³-hybridized carbons (Fsp3) is 0.261. The van der Waals surface area contributed by atoms with Crippen LogP contribution in [0.1, 0.15) is 36.8 Å². The lowest BCUT2D eigenvalue weighted by atomic mass is 9.86. The lowest BCUT2D eigenvalue weighted by Gasteiger charge is -2.42. The number of benzene rings is 2. The molecule has 0 aliphatic carbocycles. The molecular weight excluding hydrogens is 410 g/mol. The highest BCUT2D eigenvalue weighted by Gasteiger charge is 2.42. The Balaban J connectivity index is 1.39. The Labute approximate surface area is 183 Å². The molecule has 7 nitrogen and oxygen atoms in total. The Morgan fingerprint density at radius 2 is 2.10 bits per heavy atom. The van der Waals surface area contributed by atoms with E-state index in [1.165, 1.54) is 0 Å². The van der Waals surface area contributed by atoms with E-state index in [4.69, 9.17) is 4.74 Å². The molecular formula is C23H21N5O2S. The molecule has 3 N–H and O–H groups in total. The minimum Gasteiger partial charge on any atom is -0.485 e. The van der Waals surface area contributed by atoms with Crippen LogP contribution in [0.3, 0.4) is 0 Å². The summed E-state index contributed by atoms with van der Waals surface area (Å²) in [7, 11) is 0. The number of aliphatic hydroxyl groups is 1. The van der Waals surface area contributed by atoms with Crippen LogP contribution in [0.5, 0.6) is 5.75 Å². The molecule has 0 saturated heterocycles. The second-order valence-corrected chi connectivity index (χ2v) is 9.12. The van der Waals surface area contributed by atoms with Crippen LogP contribution in [0.25, 0.3) is 20.9 Å². The molecule has 4 aromatic rings. The largest absolute Gasteiger partial charge is 0.485 e. The number of aromatic amines is 1.